The Bertz CT molecular complexity index is 640. The lowest BCUT2D eigenvalue weighted by Gasteiger charge is -2.20. The van der Waals surface area contributed by atoms with E-state index in [1.807, 2.05) is 12.1 Å². The molecule has 2 aromatic carbocycles. The lowest BCUT2D eigenvalue weighted by Crippen LogP contribution is -2.11. The first-order chi connectivity index (χ1) is 9.70. The van der Waals surface area contributed by atoms with Crippen LogP contribution in [0.3, 0.4) is 0 Å². The fourth-order valence-electron chi connectivity index (χ4n) is 2.23. The summed E-state index contributed by atoms with van der Waals surface area (Å²) in [5.41, 5.74) is 2.15. The first kappa shape index (κ1) is 15.6. The molecule has 1 N–H and O–H groups in total. The highest BCUT2D eigenvalue weighted by Crippen LogP contribution is 2.29. The predicted molar refractivity (Wildman–Crippen MR) is 80.3 cm³/mol. The van der Waals surface area contributed by atoms with Gasteiger partial charge in [-0.15, -0.1) is 0 Å². The molecule has 0 saturated heterocycles. The largest absolute Gasteiger partial charge is 0.384 e. The third-order valence-corrected chi connectivity index (χ3v) is 3.66. The summed E-state index contributed by atoms with van der Waals surface area (Å²) in [7, 11) is 0. The van der Waals surface area contributed by atoms with Crippen LogP contribution in [-0.4, -0.2) is 5.11 Å². The monoisotopic (exact) mass is 290 g/mol. The number of halogens is 2. The number of aliphatic hydroxyl groups excluding tert-OH is 1. The van der Waals surface area contributed by atoms with E-state index in [0.29, 0.717) is 11.1 Å². The Morgan fingerprint density at radius 1 is 0.952 bits per heavy atom. The molecule has 1 unspecified atom stereocenters. The van der Waals surface area contributed by atoms with Gasteiger partial charge >= 0.3 is 0 Å². The van der Waals surface area contributed by atoms with Crippen LogP contribution in [0.25, 0.3) is 0 Å². The van der Waals surface area contributed by atoms with Crippen molar-refractivity contribution < 1.29 is 13.9 Å². The average Bonchev–Trinajstić information content (AvgIpc) is 2.41. The Morgan fingerprint density at radius 3 is 2.05 bits per heavy atom. The van der Waals surface area contributed by atoms with E-state index in [0.717, 1.165) is 11.6 Å². The Kier molecular flexibility index (Phi) is 4.15. The first-order valence-corrected chi connectivity index (χ1v) is 6.94. The molecule has 3 heteroatoms. The van der Waals surface area contributed by atoms with Gasteiger partial charge in [0.1, 0.15) is 17.7 Å². The number of rotatable bonds is 2. The highest BCUT2D eigenvalue weighted by Gasteiger charge is 2.19. The van der Waals surface area contributed by atoms with Crippen LogP contribution in [0.1, 0.15) is 49.1 Å². The maximum atomic E-state index is 13.8. The molecule has 0 spiro atoms. The van der Waals surface area contributed by atoms with Gasteiger partial charge in [-0.25, -0.2) is 8.78 Å². The molecule has 0 heterocycles. The lowest BCUT2D eigenvalue weighted by molar-refractivity contribution is 0.214. The van der Waals surface area contributed by atoms with E-state index in [9.17, 15) is 13.9 Å². The van der Waals surface area contributed by atoms with E-state index < -0.39 is 17.7 Å². The summed E-state index contributed by atoms with van der Waals surface area (Å²) >= 11 is 0. The first-order valence-electron chi connectivity index (χ1n) is 6.94. The smallest absolute Gasteiger partial charge is 0.132 e. The minimum absolute atomic E-state index is 0.0151. The zero-order valence-electron chi connectivity index (χ0n) is 12.7. The summed E-state index contributed by atoms with van der Waals surface area (Å²) in [5.74, 6) is -1.34. The van der Waals surface area contributed by atoms with E-state index in [1.54, 1.807) is 19.1 Å². The minimum Gasteiger partial charge on any atom is -0.384 e. The Hall–Kier alpha value is -1.74. The van der Waals surface area contributed by atoms with Crippen LogP contribution in [0.4, 0.5) is 8.78 Å². The molecule has 21 heavy (non-hydrogen) atoms. The summed E-state index contributed by atoms with van der Waals surface area (Å²) in [6, 6.07) is 9.58. The number of hydrogen-bond donors (Lipinski definition) is 1. The summed E-state index contributed by atoms with van der Waals surface area (Å²) < 4.78 is 27.1. The minimum atomic E-state index is -1.10. The van der Waals surface area contributed by atoms with Crippen LogP contribution >= 0.6 is 0 Å². The Morgan fingerprint density at radius 2 is 1.52 bits per heavy atom. The van der Waals surface area contributed by atoms with Crippen molar-refractivity contribution >= 4 is 0 Å². The molecule has 0 aromatic heterocycles. The number of aliphatic hydroxyl groups is 1. The fraction of sp³-hybridized carbons (Fsp3) is 0.333. The van der Waals surface area contributed by atoms with Gasteiger partial charge in [-0.2, -0.15) is 0 Å². The molecule has 0 aliphatic heterocycles. The summed E-state index contributed by atoms with van der Waals surface area (Å²) in [4.78, 5) is 0. The van der Waals surface area contributed by atoms with Crippen molar-refractivity contribution in [1.29, 1.82) is 0 Å². The van der Waals surface area contributed by atoms with Crippen molar-refractivity contribution in [2.75, 3.05) is 0 Å². The van der Waals surface area contributed by atoms with Crippen molar-refractivity contribution in [3.05, 3.63) is 70.3 Å². The normalized spacial score (nSPS) is 13.3. The molecule has 0 bridgehead atoms. The van der Waals surface area contributed by atoms with E-state index in [2.05, 4.69) is 20.8 Å². The number of aryl methyl sites for hydroxylation is 1. The molecule has 112 valence electrons. The van der Waals surface area contributed by atoms with Gasteiger partial charge < -0.3 is 5.11 Å². The van der Waals surface area contributed by atoms with Gasteiger partial charge in [0.25, 0.3) is 0 Å². The van der Waals surface area contributed by atoms with Crippen LogP contribution in [0, 0.1) is 18.6 Å². The fourth-order valence-corrected chi connectivity index (χ4v) is 2.23. The zero-order chi connectivity index (χ0) is 15.8. The second-order valence-corrected chi connectivity index (χ2v) is 6.40. The standard InChI is InChI=1S/C18H20F2O/c1-11-9-14(16(20)10-15(11)19)17(21)12-5-7-13(8-6-12)18(2,3)4/h5-10,17,21H,1-4H3. The highest BCUT2D eigenvalue weighted by atomic mass is 19.1. The van der Waals surface area contributed by atoms with Gasteiger partial charge in [-0.3, -0.25) is 0 Å². The van der Waals surface area contributed by atoms with Gasteiger partial charge in [0.15, 0.2) is 0 Å². The number of hydrogen-bond acceptors (Lipinski definition) is 1. The molecule has 2 rings (SSSR count). The molecule has 0 fully saturated rings. The van der Waals surface area contributed by atoms with Crippen LogP contribution in [-0.2, 0) is 5.41 Å². The van der Waals surface area contributed by atoms with E-state index >= 15 is 0 Å². The third kappa shape index (κ3) is 3.30. The van der Waals surface area contributed by atoms with Gasteiger partial charge in [0.05, 0.1) is 0 Å². The van der Waals surface area contributed by atoms with Crippen molar-refractivity contribution in [1.82, 2.24) is 0 Å². The second kappa shape index (κ2) is 5.57. The van der Waals surface area contributed by atoms with Crippen molar-refractivity contribution in [3.8, 4) is 0 Å². The van der Waals surface area contributed by atoms with Gasteiger partial charge in [-0.1, -0.05) is 45.0 Å². The lowest BCUT2D eigenvalue weighted by atomic mass is 9.86. The zero-order valence-corrected chi connectivity index (χ0v) is 12.7. The molecule has 2 aromatic rings. The summed E-state index contributed by atoms with van der Waals surface area (Å²) in [6.07, 6.45) is -1.10. The highest BCUT2D eigenvalue weighted by molar-refractivity contribution is 5.36. The molecule has 1 atom stereocenters. The van der Waals surface area contributed by atoms with Gasteiger partial charge in [0.2, 0.25) is 0 Å². The molecule has 0 aliphatic carbocycles. The molecule has 0 aliphatic rings. The van der Waals surface area contributed by atoms with E-state index in [4.69, 9.17) is 0 Å². The topological polar surface area (TPSA) is 20.2 Å². The van der Waals surface area contributed by atoms with Gasteiger partial charge in [0, 0.05) is 11.6 Å². The Balaban J connectivity index is 2.36. The maximum absolute atomic E-state index is 13.8. The Labute approximate surface area is 124 Å². The number of benzene rings is 2. The van der Waals surface area contributed by atoms with Crippen molar-refractivity contribution in [2.24, 2.45) is 0 Å². The van der Waals surface area contributed by atoms with Gasteiger partial charge in [-0.05, 0) is 35.1 Å². The predicted octanol–water partition coefficient (Wildman–Crippen LogP) is 4.65. The molecular weight excluding hydrogens is 270 g/mol. The molecule has 0 saturated carbocycles. The molecule has 1 nitrogen and oxygen atoms in total. The quantitative estimate of drug-likeness (QED) is 0.853. The van der Waals surface area contributed by atoms with Crippen LogP contribution in [0.5, 0.6) is 0 Å². The summed E-state index contributed by atoms with van der Waals surface area (Å²) in [5, 5.41) is 10.3. The van der Waals surface area contributed by atoms with Crippen LogP contribution < -0.4 is 0 Å². The van der Waals surface area contributed by atoms with Crippen LogP contribution in [0.2, 0.25) is 0 Å². The molecule has 0 amide bonds. The third-order valence-electron chi connectivity index (χ3n) is 3.66. The van der Waals surface area contributed by atoms with E-state index in [1.165, 1.54) is 6.07 Å². The molecular formula is C18H20F2O. The average molecular weight is 290 g/mol. The SMILES string of the molecule is Cc1cc(C(O)c2ccc(C(C)(C)C)cc2)c(F)cc1F. The van der Waals surface area contributed by atoms with Crippen molar-refractivity contribution in [2.45, 2.75) is 39.2 Å². The molecule has 0 radical (unpaired) electrons. The van der Waals surface area contributed by atoms with E-state index in [-0.39, 0.29) is 11.0 Å². The maximum Gasteiger partial charge on any atom is 0.132 e. The van der Waals surface area contributed by atoms with Crippen molar-refractivity contribution in [3.63, 3.8) is 0 Å². The van der Waals surface area contributed by atoms with Crippen LogP contribution in [0.15, 0.2) is 36.4 Å². The second-order valence-electron chi connectivity index (χ2n) is 6.40. The summed E-state index contributed by atoms with van der Waals surface area (Å²) in [6.45, 7) is 7.85.